The summed E-state index contributed by atoms with van der Waals surface area (Å²) in [4.78, 5) is 0. The topological polar surface area (TPSA) is 25.2 Å². The standard InChI is InChI=1S/C17H22FNO/c1-6-19-17(15-9-12(4)20-13(15)5)16-10(2)7-14(18)8-11(16)3/h7-9,17,19H,6H2,1-5H3. The second-order valence-corrected chi connectivity index (χ2v) is 5.31. The Bertz CT molecular complexity index is 592. The van der Waals surface area contributed by atoms with Crippen molar-refractivity contribution in [1.29, 1.82) is 0 Å². The molecule has 0 radical (unpaired) electrons. The molecule has 0 bridgehead atoms. The number of benzene rings is 1. The largest absolute Gasteiger partial charge is 0.466 e. The maximum atomic E-state index is 13.5. The summed E-state index contributed by atoms with van der Waals surface area (Å²) in [5.74, 6) is 1.63. The van der Waals surface area contributed by atoms with E-state index in [2.05, 4.69) is 18.3 Å². The van der Waals surface area contributed by atoms with Gasteiger partial charge in [-0.25, -0.2) is 4.39 Å². The number of rotatable bonds is 4. The zero-order valence-electron chi connectivity index (χ0n) is 12.8. The van der Waals surface area contributed by atoms with E-state index in [-0.39, 0.29) is 11.9 Å². The summed E-state index contributed by atoms with van der Waals surface area (Å²) in [6.07, 6.45) is 0. The molecule has 1 aromatic carbocycles. The Morgan fingerprint density at radius 3 is 2.15 bits per heavy atom. The highest BCUT2D eigenvalue weighted by Crippen LogP contribution is 2.32. The van der Waals surface area contributed by atoms with E-state index < -0.39 is 0 Å². The van der Waals surface area contributed by atoms with Gasteiger partial charge < -0.3 is 9.73 Å². The molecule has 0 spiro atoms. The maximum absolute atomic E-state index is 13.5. The average molecular weight is 275 g/mol. The van der Waals surface area contributed by atoms with E-state index in [0.717, 1.165) is 40.3 Å². The Hall–Kier alpha value is -1.61. The third kappa shape index (κ3) is 2.78. The molecule has 20 heavy (non-hydrogen) atoms. The normalized spacial score (nSPS) is 12.7. The van der Waals surface area contributed by atoms with Crippen LogP contribution in [0.2, 0.25) is 0 Å². The summed E-state index contributed by atoms with van der Waals surface area (Å²) in [7, 11) is 0. The lowest BCUT2D eigenvalue weighted by atomic mass is 9.91. The zero-order chi connectivity index (χ0) is 14.9. The van der Waals surface area contributed by atoms with Gasteiger partial charge in [0.25, 0.3) is 0 Å². The Morgan fingerprint density at radius 2 is 1.70 bits per heavy atom. The van der Waals surface area contributed by atoms with Crippen molar-refractivity contribution in [3.8, 4) is 0 Å². The second kappa shape index (κ2) is 5.80. The highest BCUT2D eigenvalue weighted by Gasteiger charge is 2.22. The van der Waals surface area contributed by atoms with E-state index in [1.165, 1.54) is 0 Å². The van der Waals surface area contributed by atoms with Crippen molar-refractivity contribution < 1.29 is 8.81 Å². The molecule has 0 aliphatic rings. The maximum Gasteiger partial charge on any atom is 0.123 e. The van der Waals surface area contributed by atoms with E-state index in [0.29, 0.717) is 0 Å². The number of hydrogen-bond donors (Lipinski definition) is 1. The lowest BCUT2D eigenvalue weighted by Gasteiger charge is -2.22. The lowest BCUT2D eigenvalue weighted by Crippen LogP contribution is -2.24. The summed E-state index contributed by atoms with van der Waals surface area (Å²) in [6.45, 7) is 10.7. The molecule has 0 amide bonds. The van der Waals surface area contributed by atoms with Crippen LogP contribution in [0.4, 0.5) is 4.39 Å². The first-order valence-corrected chi connectivity index (χ1v) is 7.01. The van der Waals surface area contributed by atoms with E-state index in [1.807, 2.05) is 27.7 Å². The summed E-state index contributed by atoms with van der Waals surface area (Å²) in [5.41, 5.74) is 4.19. The summed E-state index contributed by atoms with van der Waals surface area (Å²) in [5, 5.41) is 3.49. The number of nitrogens with one attached hydrogen (secondary N) is 1. The summed E-state index contributed by atoms with van der Waals surface area (Å²) in [6, 6.07) is 5.28. The van der Waals surface area contributed by atoms with Crippen molar-refractivity contribution in [2.45, 2.75) is 40.7 Å². The van der Waals surface area contributed by atoms with Gasteiger partial charge in [-0.1, -0.05) is 6.92 Å². The third-order valence-electron chi connectivity index (χ3n) is 3.65. The molecule has 108 valence electrons. The first-order valence-electron chi connectivity index (χ1n) is 7.01. The van der Waals surface area contributed by atoms with Gasteiger partial charge in [0.15, 0.2) is 0 Å². The Balaban J connectivity index is 2.57. The van der Waals surface area contributed by atoms with Gasteiger partial charge in [-0.2, -0.15) is 0 Å². The van der Waals surface area contributed by atoms with Crippen LogP contribution in [0, 0.1) is 33.5 Å². The minimum absolute atomic E-state index is 0.0399. The Morgan fingerprint density at radius 1 is 1.10 bits per heavy atom. The first kappa shape index (κ1) is 14.8. The smallest absolute Gasteiger partial charge is 0.123 e. The van der Waals surface area contributed by atoms with Gasteiger partial charge in [-0.05, 0) is 69.1 Å². The molecule has 2 rings (SSSR count). The predicted molar refractivity (Wildman–Crippen MR) is 79.6 cm³/mol. The van der Waals surface area contributed by atoms with Crippen molar-refractivity contribution in [3.63, 3.8) is 0 Å². The third-order valence-corrected chi connectivity index (χ3v) is 3.65. The minimum Gasteiger partial charge on any atom is -0.466 e. The van der Waals surface area contributed by atoms with Crippen molar-refractivity contribution in [1.82, 2.24) is 5.32 Å². The van der Waals surface area contributed by atoms with Crippen molar-refractivity contribution in [3.05, 3.63) is 57.8 Å². The summed E-state index contributed by atoms with van der Waals surface area (Å²) < 4.78 is 19.2. The highest BCUT2D eigenvalue weighted by atomic mass is 19.1. The van der Waals surface area contributed by atoms with Crippen LogP contribution in [-0.4, -0.2) is 6.54 Å². The molecule has 1 aromatic heterocycles. The fourth-order valence-electron chi connectivity index (χ4n) is 2.89. The quantitative estimate of drug-likeness (QED) is 0.897. The highest BCUT2D eigenvalue weighted by molar-refractivity contribution is 5.43. The molecule has 0 aliphatic carbocycles. The first-order chi connectivity index (χ1) is 9.43. The predicted octanol–water partition coefficient (Wildman–Crippen LogP) is 4.35. The molecule has 2 aromatic rings. The van der Waals surface area contributed by atoms with Crippen LogP contribution in [0.15, 0.2) is 22.6 Å². The Kier molecular flexibility index (Phi) is 4.29. The SMILES string of the molecule is CCNC(c1cc(C)oc1C)c1c(C)cc(F)cc1C. The number of hydrogen-bond acceptors (Lipinski definition) is 2. The van der Waals surface area contributed by atoms with Crippen molar-refractivity contribution in [2.24, 2.45) is 0 Å². The molecule has 1 atom stereocenters. The van der Waals surface area contributed by atoms with Crippen molar-refractivity contribution in [2.75, 3.05) is 6.54 Å². The van der Waals surface area contributed by atoms with Gasteiger partial charge in [-0.15, -0.1) is 0 Å². The van der Waals surface area contributed by atoms with Crippen LogP contribution in [-0.2, 0) is 0 Å². The van der Waals surface area contributed by atoms with E-state index in [4.69, 9.17) is 4.42 Å². The minimum atomic E-state index is -0.181. The molecule has 1 unspecified atom stereocenters. The molecule has 0 saturated carbocycles. The monoisotopic (exact) mass is 275 g/mol. The molecule has 1 heterocycles. The number of halogens is 1. The average Bonchev–Trinajstić information content (AvgIpc) is 2.66. The second-order valence-electron chi connectivity index (χ2n) is 5.31. The number of aryl methyl sites for hydroxylation is 4. The van der Waals surface area contributed by atoms with Gasteiger partial charge in [0.1, 0.15) is 17.3 Å². The van der Waals surface area contributed by atoms with Crippen LogP contribution in [0.3, 0.4) is 0 Å². The van der Waals surface area contributed by atoms with Gasteiger partial charge in [0.05, 0.1) is 6.04 Å². The zero-order valence-corrected chi connectivity index (χ0v) is 12.8. The molecule has 0 fully saturated rings. The van der Waals surface area contributed by atoms with Gasteiger partial charge in [0, 0.05) is 5.56 Å². The molecule has 1 N–H and O–H groups in total. The fourth-order valence-corrected chi connectivity index (χ4v) is 2.89. The lowest BCUT2D eigenvalue weighted by molar-refractivity contribution is 0.494. The van der Waals surface area contributed by atoms with Crippen LogP contribution in [0.25, 0.3) is 0 Å². The van der Waals surface area contributed by atoms with E-state index in [9.17, 15) is 4.39 Å². The molecular weight excluding hydrogens is 253 g/mol. The summed E-state index contributed by atoms with van der Waals surface area (Å²) >= 11 is 0. The molecule has 0 aliphatic heterocycles. The van der Waals surface area contributed by atoms with Crippen LogP contribution in [0.5, 0.6) is 0 Å². The van der Waals surface area contributed by atoms with Gasteiger partial charge in [-0.3, -0.25) is 0 Å². The van der Waals surface area contributed by atoms with Crippen LogP contribution >= 0.6 is 0 Å². The molecule has 2 nitrogen and oxygen atoms in total. The Labute approximate surface area is 120 Å². The van der Waals surface area contributed by atoms with E-state index in [1.54, 1.807) is 12.1 Å². The van der Waals surface area contributed by atoms with Crippen LogP contribution < -0.4 is 5.32 Å². The van der Waals surface area contributed by atoms with Gasteiger partial charge in [0.2, 0.25) is 0 Å². The van der Waals surface area contributed by atoms with Crippen molar-refractivity contribution >= 4 is 0 Å². The fraction of sp³-hybridized carbons (Fsp3) is 0.412. The molecule has 3 heteroatoms. The van der Waals surface area contributed by atoms with Crippen LogP contribution in [0.1, 0.15) is 46.7 Å². The number of furan rings is 1. The van der Waals surface area contributed by atoms with E-state index >= 15 is 0 Å². The molecular formula is C17H22FNO. The molecule has 0 saturated heterocycles. The van der Waals surface area contributed by atoms with Gasteiger partial charge >= 0.3 is 0 Å².